The van der Waals surface area contributed by atoms with Gasteiger partial charge in [-0.3, -0.25) is 4.79 Å². The lowest BCUT2D eigenvalue weighted by molar-refractivity contribution is 0.0954. The summed E-state index contributed by atoms with van der Waals surface area (Å²) in [7, 11) is 0. The Balaban J connectivity index is 2.56. The Morgan fingerprint density at radius 2 is 2.29 bits per heavy atom. The number of thioether (sulfide) groups is 1. The molecule has 17 heavy (non-hydrogen) atoms. The number of hydrogen-bond donors (Lipinski definition) is 2. The highest BCUT2D eigenvalue weighted by atomic mass is 32.2. The van der Waals surface area contributed by atoms with E-state index in [0.717, 1.165) is 6.42 Å². The highest BCUT2D eigenvalue weighted by Gasteiger charge is 2.12. The second-order valence-corrected chi connectivity index (χ2v) is 5.07. The Bertz CT molecular complexity index is 398. The second-order valence-electron chi connectivity index (χ2n) is 3.79. The van der Waals surface area contributed by atoms with E-state index in [0.29, 0.717) is 11.8 Å². The van der Waals surface area contributed by atoms with Crippen LogP contribution in [0.25, 0.3) is 0 Å². The van der Waals surface area contributed by atoms with Gasteiger partial charge in [0, 0.05) is 11.8 Å². The fourth-order valence-electron chi connectivity index (χ4n) is 1.34. The van der Waals surface area contributed by atoms with Gasteiger partial charge in [-0.15, -0.1) is 0 Å². The Morgan fingerprint density at radius 3 is 2.94 bits per heavy atom. The molecule has 0 aliphatic rings. The topological polar surface area (TPSA) is 55.1 Å². The Labute approximate surface area is 105 Å². The zero-order valence-corrected chi connectivity index (χ0v) is 10.8. The predicted octanol–water partition coefficient (Wildman–Crippen LogP) is 2.28. The molecule has 0 aromatic heterocycles. The average Bonchev–Trinajstić information content (AvgIpc) is 2.32. The number of amides is 1. The van der Waals surface area contributed by atoms with Crippen LogP contribution in [0.5, 0.6) is 0 Å². The molecule has 0 heterocycles. The molecule has 3 nitrogen and oxygen atoms in total. The largest absolute Gasteiger partial charge is 0.396 e. The third kappa shape index (κ3) is 3.93. The molecule has 0 fully saturated rings. The summed E-state index contributed by atoms with van der Waals surface area (Å²) in [6.07, 6.45) is 2.90. The van der Waals surface area contributed by atoms with Crippen LogP contribution in [0.1, 0.15) is 23.7 Å². The van der Waals surface area contributed by atoms with Gasteiger partial charge in [-0.2, -0.15) is 11.8 Å². The molecule has 94 valence electrons. The van der Waals surface area contributed by atoms with Crippen LogP contribution in [0.4, 0.5) is 10.1 Å². The maximum absolute atomic E-state index is 13.1. The van der Waals surface area contributed by atoms with Crippen molar-refractivity contribution in [1.82, 2.24) is 5.32 Å². The van der Waals surface area contributed by atoms with Gasteiger partial charge in [-0.05, 0) is 24.8 Å². The lowest BCUT2D eigenvalue weighted by Crippen LogP contribution is -2.27. The van der Waals surface area contributed by atoms with Crippen LogP contribution in [-0.2, 0) is 0 Å². The van der Waals surface area contributed by atoms with E-state index in [1.54, 1.807) is 11.8 Å². The molecule has 1 rings (SSSR count). The number of benzene rings is 1. The monoisotopic (exact) mass is 256 g/mol. The Hall–Kier alpha value is -1.23. The van der Waals surface area contributed by atoms with E-state index in [9.17, 15) is 9.18 Å². The van der Waals surface area contributed by atoms with Gasteiger partial charge in [0.05, 0.1) is 11.3 Å². The highest BCUT2D eigenvalue weighted by molar-refractivity contribution is 7.99. The number of rotatable bonds is 5. The third-order valence-corrected chi connectivity index (χ3v) is 3.58. The normalized spacial score (nSPS) is 12.2. The quantitative estimate of drug-likeness (QED) is 0.795. The van der Waals surface area contributed by atoms with Gasteiger partial charge < -0.3 is 11.1 Å². The standard InChI is InChI=1S/C12H17FN2OS/c1-8(17-2)6-7-15-12(16)9-4-3-5-10(13)11(9)14/h3-5,8H,6-7,14H2,1-2H3,(H,15,16). The zero-order chi connectivity index (χ0) is 12.8. The number of nitrogen functional groups attached to an aromatic ring is 1. The summed E-state index contributed by atoms with van der Waals surface area (Å²) in [6, 6.07) is 4.23. The molecule has 0 saturated carbocycles. The van der Waals surface area contributed by atoms with Crippen LogP contribution in [0.2, 0.25) is 0 Å². The van der Waals surface area contributed by atoms with Crippen LogP contribution in [0, 0.1) is 5.82 Å². The van der Waals surface area contributed by atoms with E-state index in [-0.39, 0.29) is 17.2 Å². The van der Waals surface area contributed by atoms with Crippen molar-refractivity contribution in [2.45, 2.75) is 18.6 Å². The summed E-state index contributed by atoms with van der Waals surface area (Å²) in [5.74, 6) is -0.884. The van der Waals surface area contributed by atoms with Crippen LogP contribution < -0.4 is 11.1 Å². The van der Waals surface area contributed by atoms with Crippen molar-refractivity contribution < 1.29 is 9.18 Å². The fourth-order valence-corrected chi connectivity index (χ4v) is 1.69. The van der Waals surface area contributed by atoms with Crippen LogP contribution in [-0.4, -0.2) is 24.0 Å². The van der Waals surface area contributed by atoms with E-state index in [2.05, 4.69) is 12.2 Å². The van der Waals surface area contributed by atoms with Gasteiger partial charge >= 0.3 is 0 Å². The number of carbonyl (C=O) groups excluding carboxylic acids is 1. The molecule has 0 saturated heterocycles. The summed E-state index contributed by atoms with van der Waals surface area (Å²) in [4.78, 5) is 11.7. The maximum Gasteiger partial charge on any atom is 0.253 e. The van der Waals surface area contributed by atoms with Gasteiger partial charge in [0.15, 0.2) is 0 Å². The first-order valence-electron chi connectivity index (χ1n) is 5.41. The van der Waals surface area contributed by atoms with Gasteiger partial charge in [-0.25, -0.2) is 4.39 Å². The average molecular weight is 256 g/mol. The predicted molar refractivity (Wildman–Crippen MR) is 70.7 cm³/mol. The molecular weight excluding hydrogens is 239 g/mol. The number of nitrogens with one attached hydrogen (secondary N) is 1. The molecule has 1 aromatic carbocycles. The van der Waals surface area contributed by atoms with E-state index < -0.39 is 5.82 Å². The van der Waals surface area contributed by atoms with Gasteiger partial charge in [0.25, 0.3) is 5.91 Å². The summed E-state index contributed by atoms with van der Waals surface area (Å²) in [5, 5.41) is 3.22. The molecule has 0 aliphatic carbocycles. The fraction of sp³-hybridized carbons (Fsp3) is 0.417. The van der Waals surface area contributed by atoms with E-state index in [4.69, 9.17) is 5.73 Å². The van der Waals surface area contributed by atoms with Crippen molar-refractivity contribution in [2.24, 2.45) is 0 Å². The number of hydrogen-bond acceptors (Lipinski definition) is 3. The first-order chi connectivity index (χ1) is 8.06. The summed E-state index contributed by atoms with van der Waals surface area (Å²) >= 11 is 1.74. The molecule has 1 atom stereocenters. The minimum Gasteiger partial charge on any atom is -0.396 e. The Morgan fingerprint density at radius 1 is 1.59 bits per heavy atom. The molecule has 0 radical (unpaired) electrons. The number of anilines is 1. The van der Waals surface area contributed by atoms with Crippen molar-refractivity contribution in [2.75, 3.05) is 18.5 Å². The first kappa shape index (κ1) is 13.8. The minimum atomic E-state index is -0.560. The highest BCUT2D eigenvalue weighted by Crippen LogP contribution is 2.15. The van der Waals surface area contributed by atoms with Crippen molar-refractivity contribution in [3.63, 3.8) is 0 Å². The molecule has 1 amide bonds. The van der Waals surface area contributed by atoms with Crippen LogP contribution in [0.15, 0.2) is 18.2 Å². The summed E-state index contributed by atoms with van der Waals surface area (Å²) < 4.78 is 13.1. The lowest BCUT2D eigenvalue weighted by Gasteiger charge is -2.10. The smallest absolute Gasteiger partial charge is 0.253 e. The SMILES string of the molecule is CSC(C)CCNC(=O)c1cccc(F)c1N. The molecular formula is C12H17FN2OS. The Kier molecular flexibility index (Phi) is 5.28. The molecule has 1 aromatic rings. The molecule has 0 spiro atoms. The number of halogens is 1. The van der Waals surface area contributed by atoms with Crippen LogP contribution >= 0.6 is 11.8 Å². The van der Waals surface area contributed by atoms with Crippen molar-refractivity contribution in [1.29, 1.82) is 0 Å². The third-order valence-electron chi connectivity index (χ3n) is 2.54. The number of nitrogens with two attached hydrogens (primary N) is 1. The van der Waals surface area contributed by atoms with Crippen molar-refractivity contribution >= 4 is 23.4 Å². The molecule has 5 heteroatoms. The number of para-hydroxylation sites is 1. The lowest BCUT2D eigenvalue weighted by atomic mass is 10.1. The van der Waals surface area contributed by atoms with Crippen molar-refractivity contribution in [3.05, 3.63) is 29.6 Å². The summed E-state index contributed by atoms with van der Waals surface area (Å²) in [5.41, 5.74) is 5.60. The summed E-state index contributed by atoms with van der Waals surface area (Å²) in [6.45, 7) is 2.66. The molecule has 3 N–H and O–H groups in total. The van der Waals surface area contributed by atoms with Crippen LogP contribution in [0.3, 0.4) is 0 Å². The van der Waals surface area contributed by atoms with E-state index in [1.165, 1.54) is 18.2 Å². The van der Waals surface area contributed by atoms with E-state index >= 15 is 0 Å². The van der Waals surface area contributed by atoms with Crippen molar-refractivity contribution in [3.8, 4) is 0 Å². The molecule has 1 unspecified atom stereocenters. The van der Waals surface area contributed by atoms with Gasteiger partial charge in [-0.1, -0.05) is 13.0 Å². The molecule has 0 bridgehead atoms. The van der Waals surface area contributed by atoms with E-state index in [1.807, 2.05) is 6.26 Å². The first-order valence-corrected chi connectivity index (χ1v) is 6.70. The van der Waals surface area contributed by atoms with Gasteiger partial charge in [0.2, 0.25) is 0 Å². The second kappa shape index (κ2) is 6.49. The minimum absolute atomic E-state index is 0.0945. The van der Waals surface area contributed by atoms with Gasteiger partial charge in [0.1, 0.15) is 5.82 Å². The zero-order valence-electron chi connectivity index (χ0n) is 10.00. The number of carbonyl (C=O) groups is 1. The maximum atomic E-state index is 13.1. The molecule has 0 aliphatic heterocycles.